The van der Waals surface area contributed by atoms with E-state index in [0.29, 0.717) is 12.5 Å². The van der Waals surface area contributed by atoms with E-state index in [0.717, 1.165) is 15.4 Å². The van der Waals surface area contributed by atoms with E-state index >= 15 is 0 Å². The Morgan fingerprint density at radius 1 is 1.50 bits per heavy atom. The summed E-state index contributed by atoms with van der Waals surface area (Å²) in [5.74, 6) is 1.58. The van der Waals surface area contributed by atoms with Crippen LogP contribution >= 0.6 is 27.5 Å². The highest BCUT2D eigenvalue weighted by molar-refractivity contribution is 9.10. The molecule has 1 fully saturated rings. The van der Waals surface area contributed by atoms with Crippen molar-refractivity contribution in [3.05, 3.63) is 40.1 Å². The average Bonchev–Trinajstić information content (AvgIpc) is 3.19. The van der Waals surface area contributed by atoms with Crippen molar-refractivity contribution in [2.45, 2.75) is 24.8 Å². The molecule has 4 nitrogen and oxygen atoms in total. The lowest BCUT2D eigenvalue weighted by molar-refractivity contribution is 0.186. The van der Waals surface area contributed by atoms with Gasteiger partial charge in [-0.2, -0.15) is 4.37 Å². The van der Waals surface area contributed by atoms with E-state index in [4.69, 9.17) is 4.74 Å². The SMILES string of the molecule is COCC(Nc1nc(C2CC2)ns1)c1cccc(Br)c1. The molecule has 0 saturated heterocycles. The van der Waals surface area contributed by atoms with Crippen LogP contribution in [0.2, 0.25) is 0 Å². The van der Waals surface area contributed by atoms with Gasteiger partial charge < -0.3 is 10.1 Å². The van der Waals surface area contributed by atoms with Gasteiger partial charge in [-0.15, -0.1) is 0 Å². The van der Waals surface area contributed by atoms with E-state index in [9.17, 15) is 0 Å². The number of ether oxygens (including phenoxy) is 1. The second kappa shape index (κ2) is 6.20. The normalized spacial score (nSPS) is 16.1. The number of hydrogen-bond acceptors (Lipinski definition) is 5. The molecule has 2 aromatic rings. The minimum absolute atomic E-state index is 0.0810. The molecule has 1 heterocycles. The molecule has 0 bridgehead atoms. The highest BCUT2D eigenvalue weighted by Gasteiger charge is 2.28. The molecule has 0 spiro atoms. The monoisotopic (exact) mass is 353 g/mol. The molecule has 20 heavy (non-hydrogen) atoms. The van der Waals surface area contributed by atoms with Gasteiger partial charge in [-0.1, -0.05) is 28.1 Å². The molecule has 1 aromatic heterocycles. The molecule has 1 unspecified atom stereocenters. The van der Waals surface area contributed by atoms with Gasteiger partial charge in [0.05, 0.1) is 12.6 Å². The first-order chi connectivity index (χ1) is 9.76. The zero-order chi connectivity index (χ0) is 13.9. The van der Waals surface area contributed by atoms with Crippen LogP contribution in [0, 0.1) is 0 Å². The molecule has 0 radical (unpaired) electrons. The fourth-order valence-electron chi connectivity index (χ4n) is 2.06. The number of methoxy groups -OCH3 is 1. The van der Waals surface area contributed by atoms with Crippen LogP contribution in [0.4, 0.5) is 5.13 Å². The standard InChI is InChI=1S/C14H16BrN3OS/c1-19-8-12(10-3-2-4-11(15)7-10)16-14-17-13(18-20-14)9-5-6-9/h2-4,7,9,12H,5-6,8H2,1H3,(H,16,17,18). The Hall–Kier alpha value is -0.980. The maximum Gasteiger partial charge on any atom is 0.203 e. The molecule has 1 aliphatic carbocycles. The van der Waals surface area contributed by atoms with Gasteiger partial charge in [-0.05, 0) is 30.5 Å². The summed E-state index contributed by atoms with van der Waals surface area (Å²) >= 11 is 4.94. The van der Waals surface area contributed by atoms with Crippen molar-refractivity contribution in [1.82, 2.24) is 9.36 Å². The van der Waals surface area contributed by atoms with Gasteiger partial charge in [-0.25, -0.2) is 4.98 Å². The van der Waals surface area contributed by atoms with E-state index in [1.54, 1.807) is 7.11 Å². The van der Waals surface area contributed by atoms with Crippen molar-refractivity contribution in [2.24, 2.45) is 0 Å². The van der Waals surface area contributed by atoms with Crippen LogP contribution in [0.15, 0.2) is 28.7 Å². The van der Waals surface area contributed by atoms with Crippen LogP contribution in [0.5, 0.6) is 0 Å². The number of aromatic nitrogens is 2. The molecule has 0 aliphatic heterocycles. The Labute approximate surface area is 130 Å². The second-order valence-corrected chi connectivity index (χ2v) is 6.61. The Bertz CT molecular complexity index is 585. The van der Waals surface area contributed by atoms with Crippen molar-refractivity contribution < 1.29 is 4.74 Å². The van der Waals surface area contributed by atoms with E-state index in [-0.39, 0.29) is 6.04 Å². The number of benzene rings is 1. The molecule has 1 aromatic carbocycles. The first-order valence-corrected chi connectivity index (χ1v) is 8.17. The fraction of sp³-hybridized carbons (Fsp3) is 0.429. The molecular weight excluding hydrogens is 338 g/mol. The van der Waals surface area contributed by atoms with Crippen LogP contribution < -0.4 is 5.32 Å². The van der Waals surface area contributed by atoms with E-state index < -0.39 is 0 Å². The molecule has 1 aliphatic rings. The first kappa shape index (κ1) is 14.0. The van der Waals surface area contributed by atoms with Gasteiger partial charge in [0.1, 0.15) is 5.82 Å². The Kier molecular flexibility index (Phi) is 4.33. The maximum absolute atomic E-state index is 5.32. The number of nitrogens with zero attached hydrogens (tertiary/aromatic N) is 2. The summed E-state index contributed by atoms with van der Waals surface area (Å²) in [5.41, 5.74) is 1.17. The van der Waals surface area contributed by atoms with Gasteiger partial charge in [0.15, 0.2) is 0 Å². The van der Waals surface area contributed by atoms with Crippen LogP contribution in [0.1, 0.15) is 36.2 Å². The number of nitrogens with one attached hydrogen (secondary N) is 1. The Morgan fingerprint density at radius 2 is 2.35 bits per heavy atom. The molecule has 6 heteroatoms. The lowest BCUT2D eigenvalue weighted by Gasteiger charge is -2.17. The van der Waals surface area contributed by atoms with Crippen molar-refractivity contribution in [1.29, 1.82) is 0 Å². The van der Waals surface area contributed by atoms with Gasteiger partial charge in [-0.3, -0.25) is 0 Å². The summed E-state index contributed by atoms with van der Waals surface area (Å²) in [6.07, 6.45) is 2.45. The van der Waals surface area contributed by atoms with Crippen LogP contribution in [0.25, 0.3) is 0 Å². The van der Waals surface area contributed by atoms with Crippen molar-refractivity contribution in [3.63, 3.8) is 0 Å². The van der Waals surface area contributed by atoms with E-state index in [1.165, 1.54) is 29.9 Å². The predicted octanol–water partition coefficient (Wildman–Crippen LogP) is 3.98. The highest BCUT2D eigenvalue weighted by atomic mass is 79.9. The largest absolute Gasteiger partial charge is 0.382 e. The molecule has 1 N–H and O–H groups in total. The third-order valence-electron chi connectivity index (χ3n) is 3.27. The van der Waals surface area contributed by atoms with E-state index in [2.05, 4.69) is 42.7 Å². The van der Waals surface area contributed by atoms with Gasteiger partial charge in [0, 0.05) is 29.0 Å². The molecule has 106 valence electrons. The van der Waals surface area contributed by atoms with E-state index in [1.807, 2.05) is 12.1 Å². The Balaban J connectivity index is 1.75. The van der Waals surface area contributed by atoms with Crippen molar-refractivity contribution in [2.75, 3.05) is 19.0 Å². The quantitative estimate of drug-likeness (QED) is 0.853. The molecule has 0 amide bonds. The topological polar surface area (TPSA) is 47.0 Å². The lowest BCUT2D eigenvalue weighted by atomic mass is 10.1. The highest BCUT2D eigenvalue weighted by Crippen LogP contribution is 2.39. The average molecular weight is 354 g/mol. The summed E-state index contributed by atoms with van der Waals surface area (Å²) < 4.78 is 10.8. The molecular formula is C14H16BrN3OS. The predicted molar refractivity (Wildman–Crippen MR) is 84.3 cm³/mol. The number of rotatable bonds is 6. The molecule has 1 atom stereocenters. The first-order valence-electron chi connectivity index (χ1n) is 6.61. The zero-order valence-corrected chi connectivity index (χ0v) is 13.6. The zero-order valence-electron chi connectivity index (χ0n) is 11.2. The molecule has 3 rings (SSSR count). The van der Waals surface area contributed by atoms with Crippen molar-refractivity contribution >= 4 is 32.6 Å². The summed E-state index contributed by atoms with van der Waals surface area (Å²) in [5, 5.41) is 4.29. The van der Waals surface area contributed by atoms with Gasteiger partial charge >= 0.3 is 0 Å². The fourth-order valence-corrected chi connectivity index (χ4v) is 3.18. The third-order valence-corrected chi connectivity index (χ3v) is 4.42. The summed E-state index contributed by atoms with van der Waals surface area (Å²) in [6.45, 7) is 0.592. The Morgan fingerprint density at radius 3 is 3.05 bits per heavy atom. The third kappa shape index (κ3) is 3.37. The minimum atomic E-state index is 0.0810. The number of hydrogen-bond donors (Lipinski definition) is 1. The smallest absolute Gasteiger partial charge is 0.203 e. The number of anilines is 1. The summed E-state index contributed by atoms with van der Waals surface area (Å²) in [6, 6.07) is 8.31. The van der Waals surface area contributed by atoms with Crippen LogP contribution in [0.3, 0.4) is 0 Å². The number of halogens is 1. The molecule has 1 saturated carbocycles. The van der Waals surface area contributed by atoms with Gasteiger partial charge in [0.25, 0.3) is 0 Å². The maximum atomic E-state index is 5.32. The minimum Gasteiger partial charge on any atom is -0.382 e. The van der Waals surface area contributed by atoms with Crippen molar-refractivity contribution in [3.8, 4) is 0 Å². The van der Waals surface area contributed by atoms with Crippen LogP contribution in [-0.4, -0.2) is 23.1 Å². The summed E-state index contributed by atoms with van der Waals surface area (Å²) in [7, 11) is 1.71. The second-order valence-electron chi connectivity index (χ2n) is 4.94. The van der Waals surface area contributed by atoms with Gasteiger partial charge in [0.2, 0.25) is 5.13 Å². The van der Waals surface area contributed by atoms with Crippen LogP contribution in [-0.2, 0) is 4.74 Å². The lowest BCUT2D eigenvalue weighted by Crippen LogP contribution is -2.16. The summed E-state index contributed by atoms with van der Waals surface area (Å²) in [4.78, 5) is 4.57.